The Balaban J connectivity index is 1.74. The molecule has 32 heavy (non-hydrogen) atoms. The number of thioether (sulfide) groups is 1. The zero-order chi connectivity index (χ0) is 23.3. The summed E-state index contributed by atoms with van der Waals surface area (Å²) in [4.78, 5) is 12.2. The van der Waals surface area contributed by atoms with Crippen molar-refractivity contribution in [3.8, 4) is 0 Å². The van der Waals surface area contributed by atoms with Crippen molar-refractivity contribution >= 4 is 39.1 Å². The lowest BCUT2D eigenvalue weighted by molar-refractivity contribution is -0.113. The molecule has 1 aromatic heterocycles. The fourth-order valence-electron chi connectivity index (χ4n) is 2.88. The van der Waals surface area contributed by atoms with Crippen molar-refractivity contribution in [2.24, 2.45) is 0 Å². The first-order chi connectivity index (χ1) is 15.2. The standard InChI is InChI=1S/C20H21F2N5O3S2/c1-3-26-18(12-27(32(2,29)30)15-10-8-14(21)9-11-15)24-25-20(26)31-13-19(28)23-17-7-5-4-6-16(17)22/h4-11H,3,12-13H2,1-2H3,(H,23,28). The highest BCUT2D eigenvalue weighted by Gasteiger charge is 2.22. The third-order valence-electron chi connectivity index (χ3n) is 4.39. The number of nitrogens with zero attached hydrogens (tertiary/aromatic N) is 4. The molecule has 0 aliphatic rings. The van der Waals surface area contributed by atoms with E-state index in [-0.39, 0.29) is 23.7 Å². The molecule has 8 nitrogen and oxygen atoms in total. The number of amides is 1. The molecule has 1 heterocycles. The first-order valence-corrected chi connectivity index (χ1v) is 12.3. The third-order valence-corrected chi connectivity index (χ3v) is 6.50. The van der Waals surface area contributed by atoms with Crippen LogP contribution in [0.15, 0.2) is 53.7 Å². The molecule has 3 aromatic rings. The molecule has 0 saturated carbocycles. The van der Waals surface area contributed by atoms with Crippen LogP contribution in [0.25, 0.3) is 0 Å². The Morgan fingerprint density at radius 1 is 1.12 bits per heavy atom. The summed E-state index contributed by atoms with van der Waals surface area (Å²) in [6.07, 6.45) is 1.05. The number of aromatic nitrogens is 3. The molecule has 1 N–H and O–H groups in total. The van der Waals surface area contributed by atoms with Crippen LogP contribution in [0.5, 0.6) is 0 Å². The van der Waals surface area contributed by atoms with E-state index in [4.69, 9.17) is 0 Å². The Kier molecular flexibility index (Phi) is 7.46. The zero-order valence-corrected chi connectivity index (χ0v) is 19.0. The summed E-state index contributed by atoms with van der Waals surface area (Å²) in [5.74, 6) is -1.12. The van der Waals surface area contributed by atoms with Crippen LogP contribution in [0.3, 0.4) is 0 Å². The van der Waals surface area contributed by atoms with Gasteiger partial charge in [0.05, 0.1) is 29.9 Å². The van der Waals surface area contributed by atoms with Crippen LogP contribution < -0.4 is 9.62 Å². The van der Waals surface area contributed by atoms with Gasteiger partial charge >= 0.3 is 0 Å². The van der Waals surface area contributed by atoms with Gasteiger partial charge in [-0.15, -0.1) is 10.2 Å². The maximum atomic E-state index is 13.7. The molecular weight excluding hydrogens is 460 g/mol. The molecule has 2 aromatic carbocycles. The molecule has 12 heteroatoms. The number of halogens is 2. The molecule has 170 valence electrons. The molecular formula is C20H21F2N5O3S2. The highest BCUT2D eigenvalue weighted by Crippen LogP contribution is 2.23. The van der Waals surface area contributed by atoms with Gasteiger partial charge in [0.25, 0.3) is 0 Å². The van der Waals surface area contributed by atoms with Gasteiger partial charge in [-0.1, -0.05) is 23.9 Å². The zero-order valence-electron chi connectivity index (χ0n) is 17.3. The highest BCUT2D eigenvalue weighted by atomic mass is 32.2. The fraction of sp³-hybridized carbons (Fsp3) is 0.250. The SMILES string of the molecule is CCn1c(CN(c2ccc(F)cc2)S(C)(=O)=O)nnc1SCC(=O)Nc1ccccc1F. The number of hydrogen-bond acceptors (Lipinski definition) is 6. The first-order valence-electron chi connectivity index (χ1n) is 9.51. The molecule has 3 rings (SSSR count). The van der Waals surface area contributed by atoms with Gasteiger partial charge in [-0.2, -0.15) is 0 Å². The Hall–Kier alpha value is -2.99. The normalized spacial score (nSPS) is 11.4. The second kappa shape index (κ2) is 10.1. The van der Waals surface area contributed by atoms with E-state index >= 15 is 0 Å². The van der Waals surface area contributed by atoms with Crippen molar-refractivity contribution in [2.45, 2.75) is 25.2 Å². The second-order valence-corrected chi connectivity index (χ2v) is 9.56. The molecule has 0 fully saturated rings. The molecule has 1 amide bonds. The van der Waals surface area contributed by atoms with Gasteiger partial charge in [0.2, 0.25) is 15.9 Å². The Labute approximate surface area is 188 Å². The average molecular weight is 482 g/mol. The van der Waals surface area contributed by atoms with E-state index in [2.05, 4.69) is 15.5 Å². The lowest BCUT2D eigenvalue weighted by atomic mass is 10.3. The van der Waals surface area contributed by atoms with Gasteiger partial charge in [-0.05, 0) is 43.3 Å². The van der Waals surface area contributed by atoms with Crippen molar-refractivity contribution in [2.75, 3.05) is 21.6 Å². The number of hydrogen-bond donors (Lipinski definition) is 1. The number of benzene rings is 2. The van der Waals surface area contributed by atoms with Gasteiger partial charge in [0, 0.05) is 6.54 Å². The maximum Gasteiger partial charge on any atom is 0.234 e. The fourth-order valence-corrected chi connectivity index (χ4v) is 4.55. The van der Waals surface area contributed by atoms with E-state index in [1.54, 1.807) is 10.6 Å². The third kappa shape index (κ3) is 5.82. The molecule has 0 atom stereocenters. The quantitative estimate of drug-likeness (QED) is 0.471. The Morgan fingerprint density at radius 3 is 2.44 bits per heavy atom. The summed E-state index contributed by atoms with van der Waals surface area (Å²) in [7, 11) is -3.69. The minimum atomic E-state index is -3.69. The summed E-state index contributed by atoms with van der Waals surface area (Å²) >= 11 is 1.10. The minimum absolute atomic E-state index is 0.0414. The molecule has 0 unspecified atom stereocenters. The minimum Gasteiger partial charge on any atom is -0.323 e. The summed E-state index contributed by atoms with van der Waals surface area (Å²) in [5.41, 5.74) is 0.372. The van der Waals surface area contributed by atoms with Crippen LogP contribution >= 0.6 is 11.8 Å². The van der Waals surface area contributed by atoms with E-state index in [9.17, 15) is 22.0 Å². The van der Waals surface area contributed by atoms with Crippen LogP contribution in [0.2, 0.25) is 0 Å². The van der Waals surface area contributed by atoms with Crippen LogP contribution in [-0.4, -0.2) is 41.1 Å². The lowest BCUT2D eigenvalue weighted by Gasteiger charge is -2.22. The molecule has 0 radical (unpaired) electrons. The smallest absolute Gasteiger partial charge is 0.234 e. The van der Waals surface area contributed by atoms with E-state index in [0.717, 1.165) is 22.3 Å². The summed E-state index contributed by atoms with van der Waals surface area (Å²) < 4.78 is 54.4. The van der Waals surface area contributed by atoms with Gasteiger partial charge in [-0.3, -0.25) is 9.10 Å². The van der Waals surface area contributed by atoms with Crippen LogP contribution in [0.4, 0.5) is 20.2 Å². The second-order valence-electron chi connectivity index (χ2n) is 6.71. The largest absolute Gasteiger partial charge is 0.323 e. The topological polar surface area (TPSA) is 97.2 Å². The van der Waals surface area contributed by atoms with Gasteiger partial charge in [0.1, 0.15) is 11.6 Å². The predicted molar refractivity (Wildman–Crippen MR) is 119 cm³/mol. The number of anilines is 2. The van der Waals surface area contributed by atoms with Crippen molar-refractivity contribution in [3.05, 3.63) is 66.0 Å². The van der Waals surface area contributed by atoms with Crippen LogP contribution in [-0.2, 0) is 27.9 Å². The van der Waals surface area contributed by atoms with Gasteiger partial charge in [-0.25, -0.2) is 17.2 Å². The average Bonchev–Trinajstić information content (AvgIpc) is 3.14. The van der Waals surface area contributed by atoms with Crippen molar-refractivity contribution in [1.82, 2.24) is 14.8 Å². The molecule has 0 saturated heterocycles. The molecule has 0 spiro atoms. The van der Waals surface area contributed by atoms with Crippen molar-refractivity contribution < 1.29 is 22.0 Å². The van der Waals surface area contributed by atoms with Gasteiger partial charge in [0.15, 0.2) is 11.0 Å². The monoisotopic (exact) mass is 481 g/mol. The summed E-state index contributed by atoms with van der Waals surface area (Å²) in [6.45, 7) is 2.15. The number of carbonyl (C=O) groups is 1. The van der Waals surface area contributed by atoms with E-state index < -0.39 is 27.6 Å². The highest BCUT2D eigenvalue weighted by molar-refractivity contribution is 7.99. The number of rotatable bonds is 9. The van der Waals surface area contributed by atoms with E-state index in [0.29, 0.717) is 17.5 Å². The Morgan fingerprint density at radius 2 is 1.81 bits per heavy atom. The maximum absolute atomic E-state index is 13.7. The van der Waals surface area contributed by atoms with Crippen LogP contribution in [0, 0.1) is 11.6 Å². The number of sulfonamides is 1. The van der Waals surface area contributed by atoms with Gasteiger partial charge < -0.3 is 9.88 Å². The molecule has 0 aliphatic carbocycles. The lowest BCUT2D eigenvalue weighted by Crippen LogP contribution is -2.30. The molecule has 0 aliphatic heterocycles. The number of carbonyl (C=O) groups excluding carboxylic acids is 1. The number of para-hydroxylation sites is 1. The summed E-state index contributed by atoms with van der Waals surface area (Å²) in [5, 5.41) is 11.1. The molecule has 0 bridgehead atoms. The van der Waals surface area contributed by atoms with Crippen molar-refractivity contribution in [3.63, 3.8) is 0 Å². The number of nitrogens with one attached hydrogen (secondary N) is 1. The van der Waals surface area contributed by atoms with E-state index in [1.807, 2.05) is 6.92 Å². The Bertz CT molecular complexity index is 1200. The predicted octanol–water partition coefficient (Wildman–Crippen LogP) is 3.27. The van der Waals surface area contributed by atoms with E-state index in [1.165, 1.54) is 42.5 Å². The summed E-state index contributed by atoms with van der Waals surface area (Å²) in [6, 6.07) is 10.9. The van der Waals surface area contributed by atoms with Crippen molar-refractivity contribution in [1.29, 1.82) is 0 Å². The first kappa shape index (κ1) is 23.7. The van der Waals surface area contributed by atoms with Crippen LogP contribution in [0.1, 0.15) is 12.7 Å².